The third-order valence-corrected chi connectivity index (χ3v) is 2.98. The van der Waals surface area contributed by atoms with Gasteiger partial charge >= 0.3 is 0 Å². The number of fused-ring (bicyclic) bond motifs is 3. The number of thiophene rings is 1. The minimum absolute atomic E-state index is 1.05. The average molecular weight is 161 g/mol. The zero-order valence-corrected chi connectivity index (χ0v) is 6.77. The second-order valence-corrected chi connectivity index (χ2v) is 3.70. The van der Waals surface area contributed by atoms with Crippen molar-refractivity contribution in [3.05, 3.63) is 29.3 Å². The van der Waals surface area contributed by atoms with Crippen molar-refractivity contribution in [3.8, 4) is 0 Å². The molecule has 0 radical (unpaired) electrons. The lowest BCUT2D eigenvalue weighted by molar-refractivity contribution is 0.883. The molecule has 0 fully saturated rings. The van der Waals surface area contributed by atoms with E-state index >= 15 is 0 Å². The molecule has 0 amide bonds. The van der Waals surface area contributed by atoms with Crippen LogP contribution in [0.1, 0.15) is 5.69 Å². The first-order chi connectivity index (χ1) is 5.45. The average Bonchev–Trinajstić information content (AvgIpc) is 2.52. The van der Waals surface area contributed by atoms with Gasteiger partial charge in [-0.2, -0.15) is 0 Å². The Kier molecular flexibility index (Phi) is 0.902. The molecule has 0 aliphatic carbocycles. The van der Waals surface area contributed by atoms with Crippen LogP contribution in [0.2, 0.25) is 0 Å². The van der Waals surface area contributed by atoms with Gasteiger partial charge < -0.3 is 4.57 Å². The first-order valence-corrected chi connectivity index (χ1v) is 4.56. The highest BCUT2D eigenvalue weighted by Gasteiger charge is 2.09. The summed E-state index contributed by atoms with van der Waals surface area (Å²) in [6, 6.07) is 4.44. The van der Waals surface area contributed by atoms with Crippen molar-refractivity contribution in [1.82, 2.24) is 4.57 Å². The quantitative estimate of drug-likeness (QED) is 0.560. The highest BCUT2D eigenvalue weighted by atomic mass is 32.1. The van der Waals surface area contributed by atoms with Gasteiger partial charge in [0.2, 0.25) is 0 Å². The Morgan fingerprint density at radius 2 is 2.45 bits per heavy atom. The molecule has 2 heteroatoms. The Bertz CT molecular complexity index is 433. The number of hydrogen-bond donors (Lipinski definition) is 0. The van der Waals surface area contributed by atoms with Crippen LogP contribution in [0, 0.1) is 0 Å². The van der Waals surface area contributed by atoms with Crippen LogP contribution in [0.3, 0.4) is 0 Å². The number of allylic oxidation sites excluding steroid dienone is 1. The summed E-state index contributed by atoms with van der Waals surface area (Å²) in [6.45, 7) is 1.05. The van der Waals surface area contributed by atoms with Crippen molar-refractivity contribution < 1.29 is 0 Å². The van der Waals surface area contributed by atoms with Gasteiger partial charge in [-0.3, -0.25) is 0 Å². The molecule has 1 nitrogen and oxygen atoms in total. The molecule has 2 aromatic rings. The third-order valence-electron chi connectivity index (χ3n) is 2.13. The Morgan fingerprint density at radius 3 is 3.45 bits per heavy atom. The summed E-state index contributed by atoms with van der Waals surface area (Å²) in [5.74, 6) is 0. The molecule has 1 aliphatic heterocycles. The van der Waals surface area contributed by atoms with Crippen LogP contribution in [0.4, 0.5) is 0 Å². The summed E-state index contributed by atoms with van der Waals surface area (Å²) in [6.07, 6.45) is 4.39. The van der Waals surface area contributed by atoms with E-state index in [1.54, 1.807) is 0 Å². The summed E-state index contributed by atoms with van der Waals surface area (Å²) in [5.41, 5.74) is 2.74. The molecular formula is C9H7NS. The van der Waals surface area contributed by atoms with Gasteiger partial charge in [-0.1, -0.05) is 6.08 Å². The fourth-order valence-corrected chi connectivity index (χ4v) is 2.45. The van der Waals surface area contributed by atoms with E-state index in [0.717, 1.165) is 6.54 Å². The van der Waals surface area contributed by atoms with Crippen molar-refractivity contribution in [2.24, 2.45) is 0 Å². The van der Waals surface area contributed by atoms with Crippen LogP contribution in [-0.4, -0.2) is 4.57 Å². The minimum Gasteiger partial charge on any atom is -0.336 e. The topological polar surface area (TPSA) is 4.93 Å². The summed E-state index contributed by atoms with van der Waals surface area (Å²) < 4.78 is 3.75. The zero-order valence-electron chi connectivity index (χ0n) is 5.95. The summed E-state index contributed by atoms with van der Waals surface area (Å²) in [7, 11) is 0. The molecule has 1 aliphatic rings. The predicted octanol–water partition coefficient (Wildman–Crippen LogP) is 2.73. The number of aromatic nitrogens is 1. The van der Waals surface area contributed by atoms with Gasteiger partial charge in [0, 0.05) is 12.2 Å². The van der Waals surface area contributed by atoms with E-state index in [1.165, 1.54) is 15.9 Å². The monoisotopic (exact) mass is 161 g/mol. The van der Waals surface area contributed by atoms with Gasteiger partial charge in [-0.05, 0) is 23.6 Å². The molecule has 0 saturated carbocycles. The van der Waals surface area contributed by atoms with Crippen molar-refractivity contribution in [3.63, 3.8) is 0 Å². The van der Waals surface area contributed by atoms with E-state index in [-0.39, 0.29) is 0 Å². The maximum atomic E-state index is 2.34. The summed E-state index contributed by atoms with van der Waals surface area (Å²) in [4.78, 5) is 0. The van der Waals surface area contributed by atoms with E-state index < -0.39 is 0 Å². The zero-order chi connectivity index (χ0) is 7.26. The third kappa shape index (κ3) is 0.601. The van der Waals surface area contributed by atoms with E-state index in [4.69, 9.17) is 0 Å². The number of nitrogens with zero attached hydrogens (tertiary/aromatic N) is 1. The summed E-state index contributed by atoms with van der Waals surface area (Å²) >= 11 is 1.82. The minimum atomic E-state index is 1.05. The Morgan fingerprint density at radius 1 is 1.45 bits per heavy atom. The van der Waals surface area contributed by atoms with E-state index in [2.05, 4.69) is 34.2 Å². The highest BCUT2D eigenvalue weighted by molar-refractivity contribution is 7.17. The Balaban J connectivity index is 2.52. The lowest BCUT2D eigenvalue weighted by Gasteiger charge is -1.95. The van der Waals surface area contributed by atoms with Gasteiger partial charge in [0.05, 0.1) is 10.2 Å². The highest BCUT2D eigenvalue weighted by Crippen LogP contribution is 2.28. The first-order valence-electron chi connectivity index (χ1n) is 3.68. The van der Waals surface area contributed by atoms with E-state index in [1.807, 2.05) is 11.3 Å². The maximum Gasteiger partial charge on any atom is 0.0597 e. The lowest BCUT2D eigenvalue weighted by Crippen LogP contribution is -1.89. The Hall–Kier alpha value is -1.02. The molecule has 11 heavy (non-hydrogen) atoms. The van der Waals surface area contributed by atoms with Gasteiger partial charge in [0.15, 0.2) is 0 Å². The molecule has 2 aromatic heterocycles. The smallest absolute Gasteiger partial charge is 0.0597 e. The maximum absolute atomic E-state index is 2.34. The molecule has 0 unspecified atom stereocenters. The normalized spacial score (nSPS) is 14.5. The lowest BCUT2D eigenvalue weighted by atomic mass is 10.4. The molecule has 54 valence electrons. The molecule has 0 saturated heterocycles. The van der Waals surface area contributed by atoms with Gasteiger partial charge in [0.25, 0.3) is 0 Å². The van der Waals surface area contributed by atoms with Crippen molar-refractivity contribution in [2.45, 2.75) is 6.54 Å². The fraction of sp³-hybridized carbons (Fsp3) is 0.111. The molecule has 0 atom stereocenters. The largest absolute Gasteiger partial charge is 0.336 e. The standard InChI is InChI=1S/C9H7NS/c1-2-7-6-9-8(3-5-11-9)10(7)4-1/h1-3,5-6H,4H2. The van der Waals surface area contributed by atoms with Crippen LogP contribution in [0.25, 0.3) is 16.3 Å². The second-order valence-electron chi connectivity index (χ2n) is 2.75. The van der Waals surface area contributed by atoms with Crippen LogP contribution in [0.15, 0.2) is 23.6 Å². The molecule has 0 aromatic carbocycles. The molecule has 3 heterocycles. The second kappa shape index (κ2) is 1.77. The predicted molar refractivity (Wildman–Crippen MR) is 48.8 cm³/mol. The fourth-order valence-electron chi connectivity index (χ4n) is 1.62. The molecular weight excluding hydrogens is 154 g/mol. The first kappa shape index (κ1) is 5.61. The number of rotatable bonds is 0. The Labute approximate surface area is 68.6 Å². The van der Waals surface area contributed by atoms with E-state index in [0.29, 0.717) is 0 Å². The molecule has 0 N–H and O–H groups in total. The van der Waals surface area contributed by atoms with Gasteiger partial charge in [0.1, 0.15) is 0 Å². The SMILES string of the molecule is C1=Cc2cc3sccc3n2C1. The van der Waals surface area contributed by atoms with Gasteiger partial charge in [-0.15, -0.1) is 11.3 Å². The number of hydrogen-bond acceptors (Lipinski definition) is 1. The molecule has 0 bridgehead atoms. The molecule has 0 spiro atoms. The molecule has 3 rings (SSSR count). The van der Waals surface area contributed by atoms with Crippen LogP contribution in [0.5, 0.6) is 0 Å². The van der Waals surface area contributed by atoms with E-state index in [9.17, 15) is 0 Å². The van der Waals surface area contributed by atoms with Crippen molar-refractivity contribution in [2.75, 3.05) is 0 Å². The van der Waals surface area contributed by atoms with Gasteiger partial charge in [-0.25, -0.2) is 0 Å². The van der Waals surface area contributed by atoms with Crippen molar-refractivity contribution in [1.29, 1.82) is 0 Å². The van der Waals surface area contributed by atoms with Crippen molar-refractivity contribution >= 4 is 27.6 Å². The van der Waals surface area contributed by atoms with Crippen LogP contribution >= 0.6 is 11.3 Å². The van der Waals surface area contributed by atoms with Crippen LogP contribution < -0.4 is 0 Å². The van der Waals surface area contributed by atoms with Crippen LogP contribution in [-0.2, 0) is 6.54 Å². The summed E-state index contributed by atoms with van der Waals surface area (Å²) in [5, 5.41) is 2.15.